The van der Waals surface area contributed by atoms with Gasteiger partial charge in [0.15, 0.2) is 0 Å². The number of piperidine rings is 1. The lowest BCUT2D eigenvalue weighted by Crippen LogP contribution is -2.43. The number of carbonyl (C=O) groups is 1. The van der Waals surface area contributed by atoms with E-state index in [1.165, 1.54) is 0 Å². The number of carbonyl (C=O) groups excluding carboxylic acids is 1. The van der Waals surface area contributed by atoms with Crippen LogP contribution in [0.25, 0.3) is 0 Å². The number of ether oxygens (including phenoxy) is 2. The number of hydrogen-bond donors (Lipinski definition) is 0. The van der Waals surface area contributed by atoms with Crippen LogP contribution in [0.5, 0.6) is 5.75 Å². The third kappa shape index (κ3) is 3.70. The second-order valence-electron chi connectivity index (χ2n) is 6.94. The van der Waals surface area contributed by atoms with Gasteiger partial charge >= 0.3 is 0 Å². The molecule has 0 unspecified atom stereocenters. The van der Waals surface area contributed by atoms with Crippen LogP contribution in [0.4, 0.5) is 0 Å². The molecule has 4 rings (SSSR count). The first-order valence-corrected chi connectivity index (χ1v) is 9.64. The van der Waals surface area contributed by atoms with Gasteiger partial charge in [-0.1, -0.05) is 0 Å². The molecule has 2 saturated heterocycles. The Morgan fingerprint density at radius 1 is 1.40 bits per heavy atom. The van der Waals surface area contributed by atoms with Crippen molar-refractivity contribution in [1.82, 2.24) is 9.88 Å². The molecule has 0 bridgehead atoms. The molecule has 1 atom stereocenters. The first-order valence-electron chi connectivity index (χ1n) is 8.70. The van der Waals surface area contributed by atoms with E-state index in [0.717, 1.165) is 50.3 Å². The van der Waals surface area contributed by atoms with E-state index in [9.17, 15) is 4.79 Å². The smallest absolute Gasteiger partial charge is 0.254 e. The minimum atomic E-state index is 0.124. The fourth-order valence-corrected chi connectivity index (χ4v) is 4.36. The predicted molar refractivity (Wildman–Crippen MR) is 96.0 cm³/mol. The Hall–Kier alpha value is -1.92. The number of pyridine rings is 1. The molecule has 132 valence electrons. The lowest BCUT2D eigenvalue weighted by Gasteiger charge is -2.38. The summed E-state index contributed by atoms with van der Waals surface area (Å²) in [6.07, 6.45) is 6.60. The van der Waals surface area contributed by atoms with Crippen LogP contribution in [-0.4, -0.2) is 48.2 Å². The molecule has 6 heteroatoms. The minimum absolute atomic E-state index is 0.124. The maximum Gasteiger partial charge on any atom is 0.254 e. The molecule has 0 aliphatic carbocycles. The van der Waals surface area contributed by atoms with Crippen LogP contribution >= 0.6 is 11.3 Å². The number of nitrogens with zero attached hydrogens (tertiary/aromatic N) is 2. The maximum absolute atomic E-state index is 12.5. The van der Waals surface area contributed by atoms with Gasteiger partial charge in [0.05, 0.1) is 24.5 Å². The van der Waals surface area contributed by atoms with E-state index in [1.807, 2.05) is 33.9 Å². The van der Waals surface area contributed by atoms with E-state index >= 15 is 0 Å². The third-order valence-corrected chi connectivity index (χ3v) is 5.92. The van der Waals surface area contributed by atoms with Gasteiger partial charge in [-0.3, -0.25) is 9.78 Å². The topological polar surface area (TPSA) is 51.7 Å². The summed E-state index contributed by atoms with van der Waals surface area (Å²) in [5.41, 5.74) is 1.01. The fraction of sp³-hybridized carbons (Fsp3) is 0.474. The van der Waals surface area contributed by atoms with Gasteiger partial charge < -0.3 is 14.4 Å². The number of hydrogen-bond acceptors (Lipinski definition) is 5. The van der Waals surface area contributed by atoms with E-state index in [1.54, 1.807) is 23.7 Å². The van der Waals surface area contributed by atoms with Crippen LogP contribution in [0, 0.1) is 5.41 Å². The van der Waals surface area contributed by atoms with Crippen molar-refractivity contribution in [2.45, 2.75) is 25.4 Å². The third-order valence-electron chi connectivity index (χ3n) is 5.24. The number of thiophene rings is 1. The zero-order valence-corrected chi connectivity index (χ0v) is 14.9. The molecule has 2 aliphatic heterocycles. The summed E-state index contributed by atoms with van der Waals surface area (Å²) in [5.74, 6) is 0.940. The predicted octanol–water partition coefficient (Wildman–Crippen LogP) is 3.23. The molecule has 0 radical (unpaired) electrons. The SMILES string of the molecule is O=C(c1ccsc1)N1CCC2(CC1)CO[C@@H](COc1cccnc1)C2. The van der Waals surface area contributed by atoms with Crippen molar-refractivity contribution in [1.29, 1.82) is 0 Å². The Morgan fingerprint density at radius 3 is 3.00 bits per heavy atom. The summed E-state index contributed by atoms with van der Waals surface area (Å²) in [6, 6.07) is 5.68. The summed E-state index contributed by atoms with van der Waals surface area (Å²) in [5, 5.41) is 3.88. The van der Waals surface area contributed by atoms with Crippen molar-refractivity contribution in [2.75, 3.05) is 26.3 Å². The van der Waals surface area contributed by atoms with Crippen molar-refractivity contribution in [3.8, 4) is 5.75 Å². The minimum Gasteiger partial charge on any atom is -0.489 e. The highest BCUT2D eigenvalue weighted by Gasteiger charge is 2.43. The van der Waals surface area contributed by atoms with Crippen LogP contribution in [0.3, 0.4) is 0 Å². The zero-order chi connectivity index (χ0) is 17.1. The molecule has 2 aromatic heterocycles. The van der Waals surface area contributed by atoms with E-state index in [4.69, 9.17) is 9.47 Å². The van der Waals surface area contributed by atoms with Gasteiger partial charge in [0.2, 0.25) is 0 Å². The van der Waals surface area contributed by atoms with Gasteiger partial charge in [-0.2, -0.15) is 11.3 Å². The van der Waals surface area contributed by atoms with Crippen LogP contribution in [0.15, 0.2) is 41.4 Å². The summed E-state index contributed by atoms with van der Waals surface area (Å²) < 4.78 is 11.8. The molecular weight excluding hydrogens is 336 g/mol. The van der Waals surface area contributed by atoms with Crippen molar-refractivity contribution < 1.29 is 14.3 Å². The lowest BCUT2D eigenvalue weighted by atomic mass is 9.76. The van der Waals surface area contributed by atoms with Crippen LogP contribution in [0.1, 0.15) is 29.6 Å². The molecule has 2 aromatic rings. The highest BCUT2D eigenvalue weighted by molar-refractivity contribution is 7.08. The number of likely N-dealkylation sites (tertiary alicyclic amines) is 1. The summed E-state index contributed by atoms with van der Waals surface area (Å²) in [4.78, 5) is 18.5. The monoisotopic (exact) mass is 358 g/mol. The molecule has 1 spiro atoms. The molecule has 0 aromatic carbocycles. The Morgan fingerprint density at radius 2 is 2.28 bits per heavy atom. The first kappa shape index (κ1) is 16.5. The normalized spacial score (nSPS) is 22.2. The molecule has 0 N–H and O–H groups in total. The van der Waals surface area contributed by atoms with Gasteiger partial charge in [0.1, 0.15) is 12.4 Å². The second kappa shape index (κ2) is 7.14. The van der Waals surface area contributed by atoms with Gasteiger partial charge in [-0.15, -0.1) is 0 Å². The molecule has 0 saturated carbocycles. The Balaban J connectivity index is 1.28. The maximum atomic E-state index is 12.5. The van der Waals surface area contributed by atoms with Crippen molar-refractivity contribution in [3.05, 3.63) is 46.9 Å². The number of aromatic nitrogens is 1. The lowest BCUT2D eigenvalue weighted by molar-refractivity contribution is 0.0427. The van der Waals surface area contributed by atoms with Crippen LogP contribution in [0.2, 0.25) is 0 Å². The van der Waals surface area contributed by atoms with Gasteiger partial charge in [-0.25, -0.2) is 0 Å². The van der Waals surface area contributed by atoms with E-state index < -0.39 is 0 Å². The Bertz CT molecular complexity index is 697. The number of amides is 1. The summed E-state index contributed by atoms with van der Waals surface area (Å²) in [7, 11) is 0. The molecule has 4 heterocycles. The molecular formula is C19H22N2O3S. The highest BCUT2D eigenvalue weighted by atomic mass is 32.1. The quantitative estimate of drug-likeness (QED) is 0.842. The molecule has 5 nitrogen and oxygen atoms in total. The van der Waals surface area contributed by atoms with E-state index in [2.05, 4.69) is 4.98 Å². The Kier molecular flexibility index (Phi) is 4.72. The summed E-state index contributed by atoms with van der Waals surface area (Å²) >= 11 is 1.57. The molecule has 25 heavy (non-hydrogen) atoms. The molecule has 1 amide bonds. The van der Waals surface area contributed by atoms with Crippen molar-refractivity contribution in [2.24, 2.45) is 5.41 Å². The largest absolute Gasteiger partial charge is 0.489 e. The average Bonchev–Trinajstić information content (AvgIpc) is 3.32. The van der Waals surface area contributed by atoms with Crippen molar-refractivity contribution >= 4 is 17.2 Å². The highest BCUT2D eigenvalue weighted by Crippen LogP contribution is 2.42. The average molecular weight is 358 g/mol. The molecule has 2 aliphatic rings. The van der Waals surface area contributed by atoms with Crippen molar-refractivity contribution in [3.63, 3.8) is 0 Å². The van der Waals surface area contributed by atoms with E-state index in [0.29, 0.717) is 6.61 Å². The number of rotatable bonds is 4. The molecule has 2 fully saturated rings. The van der Waals surface area contributed by atoms with Gasteiger partial charge in [-0.05, 0) is 48.3 Å². The second-order valence-corrected chi connectivity index (χ2v) is 7.72. The standard InChI is InChI=1S/C19H22N2O3S/c22-18(15-3-9-25-13-15)21-7-4-19(5-8-21)10-17(24-14-19)12-23-16-2-1-6-20-11-16/h1-3,6,9,11,13,17H,4-5,7-8,10,12,14H2/t17-/m1/s1. The van der Waals surface area contributed by atoms with E-state index in [-0.39, 0.29) is 17.4 Å². The zero-order valence-electron chi connectivity index (χ0n) is 14.1. The first-order chi connectivity index (χ1) is 12.2. The van der Waals surface area contributed by atoms with Crippen LogP contribution < -0.4 is 4.74 Å². The van der Waals surface area contributed by atoms with Gasteiger partial charge in [0, 0.05) is 24.7 Å². The summed E-state index contributed by atoms with van der Waals surface area (Å²) in [6.45, 7) is 2.96. The van der Waals surface area contributed by atoms with Crippen LogP contribution in [-0.2, 0) is 4.74 Å². The Labute approximate surface area is 151 Å². The van der Waals surface area contributed by atoms with Gasteiger partial charge in [0.25, 0.3) is 5.91 Å². The fourth-order valence-electron chi connectivity index (χ4n) is 3.73.